The van der Waals surface area contributed by atoms with Crippen LogP contribution in [-0.4, -0.2) is 11.7 Å². The second kappa shape index (κ2) is 6.87. The zero-order valence-electron chi connectivity index (χ0n) is 11.5. The fourth-order valence-corrected chi connectivity index (χ4v) is 1.72. The van der Waals surface area contributed by atoms with Crippen molar-refractivity contribution in [3.63, 3.8) is 0 Å². The molecule has 0 aromatic heterocycles. The molecule has 4 heteroatoms. The molecule has 0 aliphatic heterocycles. The minimum absolute atomic E-state index is 0.177. The van der Waals surface area contributed by atoms with E-state index in [4.69, 9.17) is 9.84 Å². The molecule has 2 nitrogen and oxygen atoms in total. The van der Waals surface area contributed by atoms with Gasteiger partial charge in [-0.15, -0.1) is 0 Å². The highest BCUT2D eigenvalue weighted by Crippen LogP contribution is 2.18. The predicted octanol–water partition coefficient (Wildman–Crippen LogP) is 3.20. The molecule has 1 N–H and O–H groups in total. The van der Waals surface area contributed by atoms with Gasteiger partial charge in [0.15, 0.2) is 0 Å². The third kappa shape index (κ3) is 4.04. The van der Waals surface area contributed by atoms with E-state index in [0.717, 1.165) is 0 Å². The Bertz CT molecular complexity index is 700. The first-order chi connectivity index (χ1) is 10.1. The lowest BCUT2D eigenvalue weighted by Crippen LogP contribution is -1.98. The zero-order chi connectivity index (χ0) is 15.2. The van der Waals surface area contributed by atoms with Crippen LogP contribution in [0.25, 0.3) is 0 Å². The quantitative estimate of drug-likeness (QED) is 0.879. The molecule has 0 aliphatic rings. The summed E-state index contributed by atoms with van der Waals surface area (Å²) < 4.78 is 32.3. The van der Waals surface area contributed by atoms with Crippen molar-refractivity contribution in [2.75, 3.05) is 6.61 Å². The molecular formula is C17H14F2O2. The summed E-state index contributed by atoms with van der Waals surface area (Å²) in [5.41, 5.74) is 1.45. The summed E-state index contributed by atoms with van der Waals surface area (Å²) in [5, 5.41) is 8.63. The van der Waals surface area contributed by atoms with Crippen LogP contribution in [0, 0.1) is 30.4 Å². The topological polar surface area (TPSA) is 29.5 Å². The normalized spacial score (nSPS) is 9.90. The van der Waals surface area contributed by atoms with Crippen LogP contribution in [0.3, 0.4) is 0 Å². The number of rotatable bonds is 3. The van der Waals surface area contributed by atoms with Gasteiger partial charge < -0.3 is 9.84 Å². The van der Waals surface area contributed by atoms with Crippen LogP contribution in [0.2, 0.25) is 0 Å². The van der Waals surface area contributed by atoms with E-state index in [1.165, 1.54) is 12.1 Å². The summed E-state index contributed by atoms with van der Waals surface area (Å²) in [4.78, 5) is 0. The Morgan fingerprint density at radius 3 is 2.62 bits per heavy atom. The molecule has 21 heavy (non-hydrogen) atoms. The number of ether oxygens (including phenoxy) is 1. The van der Waals surface area contributed by atoms with E-state index >= 15 is 0 Å². The highest BCUT2D eigenvalue weighted by molar-refractivity contribution is 5.38. The van der Waals surface area contributed by atoms with Crippen molar-refractivity contribution >= 4 is 0 Å². The fourth-order valence-electron chi connectivity index (χ4n) is 1.72. The third-order valence-electron chi connectivity index (χ3n) is 2.88. The molecule has 0 saturated heterocycles. The average molecular weight is 288 g/mol. The zero-order valence-corrected chi connectivity index (χ0v) is 11.5. The molecule has 0 unspecified atom stereocenters. The molecule has 2 aromatic carbocycles. The first-order valence-electron chi connectivity index (χ1n) is 6.37. The Labute approximate surface area is 122 Å². The maximum atomic E-state index is 13.5. The number of aliphatic hydroxyl groups is 1. The van der Waals surface area contributed by atoms with Crippen molar-refractivity contribution in [1.82, 2.24) is 0 Å². The smallest absolute Gasteiger partial charge is 0.138 e. The lowest BCUT2D eigenvalue weighted by molar-refractivity contribution is 0.304. The van der Waals surface area contributed by atoms with Crippen LogP contribution in [0.1, 0.15) is 16.7 Å². The molecule has 0 atom stereocenters. The van der Waals surface area contributed by atoms with Gasteiger partial charge in [0.2, 0.25) is 0 Å². The van der Waals surface area contributed by atoms with E-state index in [0.29, 0.717) is 16.9 Å². The number of hydrogen-bond donors (Lipinski definition) is 1. The van der Waals surface area contributed by atoms with Crippen molar-refractivity contribution in [3.05, 3.63) is 64.7 Å². The molecule has 2 rings (SSSR count). The lowest BCUT2D eigenvalue weighted by atomic mass is 10.1. The van der Waals surface area contributed by atoms with E-state index in [1.807, 2.05) is 0 Å². The van der Waals surface area contributed by atoms with Crippen LogP contribution >= 0.6 is 0 Å². The van der Waals surface area contributed by atoms with Crippen molar-refractivity contribution < 1.29 is 18.6 Å². The van der Waals surface area contributed by atoms with E-state index in [-0.39, 0.29) is 24.6 Å². The molecular weight excluding hydrogens is 274 g/mol. The third-order valence-corrected chi connectivity index (χ3v) is 2.88. The Morgan fingerprint density at radius 2 is 1.90 bits per heavy atom. The van der Waals surface area contributed by atoms with Crippen LogP contribution in [0.5, 0.6) is 5.75 Å². The van der Waals surface area contributed by atoms with Gasteiger partial charge in [-0.1, -0.05) is 24.0 Å². The molecule has 0 heterocycles. The summed E-state index contributed by atoms with van der Waals surface area (Å²) in [6.45, 7) is 1.52. The van der Waals surface area contributed by atoms with Crippen molar-refractivity contribution in [2.45, 2.75) is 13.5 Å². The van der Waals surface area contributed by atoms with Gasteiger partial charge in [-0.05, 0) is 36.2 Å². The monoisotopic (exact) mass is 288 g/mol. The first kappa shape index (κ1) is 15.0. The summed E-state index contributed by atoms with van der Waals surface area (Å²) >= 11 is 0. The summed E-state index contributed by atoms with van der Waals surface area (Å²) in [5.74, 6) is 4.54. The molecule has 0 fully saturated rings. The summed E-state index contributed by atoms with van der Waals surface area (Å²) in [6, 6.07) is 9.02. The Morgan fingerprint density at radius 1 is 1.10 bits per heavy atom. The Kier molecular flexibility index (Phi) is 4.91. The Balaban J connectivity index is 2.11. The highest BCUT2D eigenvalue weighted by Gasteiger charge is 2.04. The van der Waals surface area contributed by atoms with Crippen molar-refractivity contribution in [2.24, 2.45) is 0 Å². The van der Waals surface area contributed by atoms with E-state index in [9.17, 15) is 8.78 Å². The molecule has 0 radical (unpaired) electrons. The van der Waals surface area contributed by atoms with E-state index in [2.05, 4.69) is 11.8 Å². The molecule has 2 aromatic rings. The maximum Gasteiger partial charge on any atom is 0.138 e. The second-order valence-corrected chi connectivity index (χ2v) is 4.47. The van der Waals surface area contributed by atoms with Gasteiger partial charge in [0, 0.05) is 6.07 Å². The maximum absolute atomic E-state index is 13.5. The minimum atomic E-state index is -0.457. The molecule has 108 valence electrons. The van der Waals surface area contributed by atoms with Crippen LogP contribution < -0.4 is 4.74 Å². The molecule has 0 bridgehead atoms. The van der Waals surface area contributed by atoms with Crippen molar-refractivity contribution in [1.29, 1.82) is 0 Å². The SMILES string of the molecule is Cc1ccc(OCc2ccc(F)c(C#CCO)c2)cc1F. The van der Waals surface area contributed by atoms with Gasteiger partial charge in [-0.25, -0.2) is 8.78 Å². The molecule has 0 aliphatic carbocycles. The van der Waals surface area contributed by atoms with E-state index < -0.39 is 5.82 Å². The number of hydrogen-bond acceptors (Lipinski definition) is 2. The van der Waals surface area contributed by atoms with Gasteiger partial charge in [-0.2, -0.15) is 0 Å². The van der Waals surface area contributed by atoms with Gasteiger partial charge in [0.1, 0.15) is 30.6 Å². The number of aryl methyl sites for hydroxylation is 1. The average Bonchev–Trinajstić information content (AvgIpc) is 2.48. The molecule has 0 saturated carbocycles. The molecule has 0 spiro atoms. The Hall–Kier alpha value is -2.38. The van der Waals surface area contributed by atoms with Crippen LogP contribution in [0.4, 0.5) is 8.78 Å². The fraction of sp³-hybridized carbons (Fsp3) is 0.176. The summed E-state index contributed by atoms with van der Waals surface area (Å²) in [6.07, 6.45) is 0. The van der Waals surface area contributed by atoms with Crippen LogP contribution in [-0.2, 0) is 6.61 Å². The minimum Gasteiger partial charge on any atom is -0.489 e. The number of benzene rings is 2. The standard InChI is InChI=1S/C17H14F2O2/c1-12-4-6-15(10-17(12)19)21-11-13-5-7-16(18)14(9-13)3-2-8-20/h4-7,9-10,20H,8,11H2,1H3. The van der Waals surface area contributed by atoms with Gasteiger partial charge in [0.25, 0.3) is 0 Å². The second-order valence-electron chi connectivity index (χ2n) is 4.47. The van der Waals surface area contributed by atoms with Gasteiger partial charge >= 0.3 is 0 Å². The lowest BCUT2D eigenvalue weighted by Gasteiger charge is -2.08. The predicted molar refractivity (Wildman–Crippen MR) is 75.8 cm³/mol. The van der Waals surface area contributed by atoms with Gasteiger partial charge in [0.05, 0.1) is 5.56 Å². The van der Waals surface area contributed by atoms with Crippen molar-refractivity contribution in [3.8, 4) is 17.6 Å². The molecule has 0 amide bonds. The highest BCUT2D eigenvalue weighted by atomic mass is 19.1. The largest absolute Gasteiger partial charge is 0.489 e. The number of halogens is 2. The van der Waals surface area contributed by atoms with E-state index in [1.54, 1.807) is 31.2 Å². The summed E-state index contributed by atoms with van der Waals surface area (Å²) in [7, 11) is 0. The first-order valence-corrected chi connectivity index (χ1v) is 6.37. The van der Waals surface area contributed by atoms with Gasteiger partial charge in [-0.3, -0.25) is 0 Å². The van der Waals surface area contributed by atoms with Crippen LogP contribution in [0.15, 0.2) is 36.4 Å². The number of aliphatic hydroxyl groups excluding tert-OH is 1.